The first kappa shape index (κ1) is 8.55. The summed E-state index contributed by atoms with van der Waals surface area (Å²) in [4.78, 5) is 4.12. The number of rotatable bonds is 2. The Bertz CT molecular complexity index is 434. The molecule has 0 aliphatic heterocycles. The van der Waals surface area contributed by atoms with Crippen LogP contribution < -0.4 is 11.1 Å². The lowest BCUT2D eigenvalue weighted by atomic mass is 10.4. The van der Waals surface area contributed by atoms with E-state index in [2.05, 4.69) is 15.4 Å². The smallest absolute Gasteiger partial charge is 0.132 e. The summed E-state index contributed by atoms with van der Waals surface area (Å²) in [5.74, 6) is 0.720. The molecular weight excluding hydrogens is 178 g/mol. The maximum Gasteiger partial charge on any atom is 0.132 e. The van der Waals surface area contributed by atoms with Gasteiger partial charge < -0.3 is 11.1 Å². The minimum atomic E-state index is 0.686. The van der Waals surface area contributed by atoms with Crippen molar-refractivity contribution in [1.82, 2.24) is 14.8 Å². The average Bonchev–Trinajstić information content (AvgIpc) is 2.51. The van der Waals surface area contributed by atoms with Crippen molar-refractivity contribution in [3.8, 4) is 0 Å². The van der Waals surface area contributed by atoms with E-state index in [4.69, 9.17) is 5.73 Å². The Hall–Kier alpha value is -2.04. The standard InChI is InChI=1S/C9H11N5/c1-14-6-8(5-12-14)13-9-4-7(10)2-3-11-9/h2-6H,1H3,(H3,10,11,13). The number of pyridine rings is 1. The fourth-order valence-corrected chi connectivity index (χ4v) is 1.15. The molecule has 0 aromatic carbocycles. The van der Waals surface area contributed by atoms with Gasteiger partial charge in [-0.2, -0.15) is 5.10 Å². The van der Waals surface area contributed by atoms with Gasteiger partial charge in [-0.25, -0.2) is 4.98 Å². The van der Waals surface area contributed by atoms with Gasteiger partial charge in [-0.1, -0.05) is 0 Å². The molecule has 0 amide bonds. The Labute approximate surface area is 81.6 Å². The number of anilines is 3. The molecule has 2 aromatic heterocycles. The molecular formula is C9H11N5. The molecule has 0 spiro atoms. The van der Waals surface area contributed by atoms with Crippen LogP contribution in [0, 0.1) is 0 Å². The minimum absolute atomic E-state index is 0.686. The third-order valence-corrected chi connectivity index (χ3v) is 1.76. The first-order chi connectivity index (χ1) is 6.74. The molecule has 0 aliphatic rings. The lowest BCUT2D eigenvalue weighted by molar-refractivity contribution is 0.768. The Kier molecular flexibility index (Phi) is 2.06. The fraction of sp³-hybridized carbons (Fsp3) is 0.111. The van der Waals surface area contributed by atoms with Crippen molar-refractivity contribution in [2.45, 2.75) is 0 Å². The van der Waals surface area contributed by atoms with E-state index >= 15 is 0 Å². The van der Waals surface area contributed by atoms with Crippen molar-refractivity contribution in [2.75, 3.05) is 11.1 Å². The molecule has 2 heterocycles. The summed E-state index contributed by atoms with van der Waals surface area (Å²) in [6.45, 7) is 0. The SMILES string of the molecule is Cn1cc(Nc2cc(N)ccn2)cn1. The van der Waals surface area contributed by atoms with Crippen LogP contribution in [0.5, 0.6) is 0 Å². The lowest BCUT2D eigenvalue weighted by Crippen LogP contribution is -1.94. The van der Waals surface area contributed by atoms with Crippen LogP contribution >= 0.6 is 0 Å². The molecule has 5 heteroatoms. The van der Waals surface area contributed by atoms with Gasteiger partial charge in [0.25, 0.3) is 0 Å². The summed E-state index contributed by atoms with van der Waals surface area (Å²) in [6, 6.07) is 3.52. The normalized spacial score (nSPS) is 10.1. The van der Waals surface area contributed by atoms with Crippen LogP contribution in [0.4, 0.5) is 17.2 Å². The molecule has 3 N–H and O–H groups in total. The molecule has 0 saturated heterocycles. The van der Waals surface area contributed by atoms with Gasteiger partial charge >= 0.3 is 0 Å². The average molecular weight is 189 g/mol. The van der Waals surface area contributed by atoms with Crippen LogP contribution in [0.25, 0.3) is 0 Å². The van der Waals surface area contributed by atoms with Gasteiger partial charge in [0, 0.05) is 31.2 Å². The van der Waals surface area contributed by atoms with Crippen LogP contribution in [0.3, 0.4) is 0 Å². The summed E-state index contributed by atoms with van der Waals surface area (Å²) < 4.78 is 1.72. The van der Waals surface area contributed by atoms with Gasteiger partial charge in [-0.05, 0) is 6.07 Å². The molecule has 14 heavy (non-hydrogen) atoms. The second-order valence-corrected chi connectivity index (χ2v) is 3.00. The van der Waals surface area contributed by atoms with Crippen molar-refractivity contribution < 1.29 is 0 Å². The van der Waals surface area contributed by atoms with Crippen molar-refractivity contribution in [3.05, 3.63) is 30.7 Å². The van der Waals surface area contributed by atoms with E-state index in [9.17, 15) is 0 Å². The first-order valence-corrected chi connectivity index (χ1v) is 4.21. The van der Waals surface area contributed by atoms with E-state index in [-0.39, 0.29) is 0 Å². The van der Waals surface area contributed by atoms with E-state index in [1.807, 2.05) is 13.2 Å². The number of aromatic nitrogens is 3. The van der Waals surface area contributed by atoms with Gasteiger partial charge in [0.15, 0.2) is 0 Å². The van der Waals surface area contributed by atoms with E-state index < -0.39 is 0 Å². The van der Waals surface area contributed by atoms with Crippen LogP contribution in [0.15, 0.2) is 30.7 Å². The topological polar surface area (TPSA) is 68.8 Å². The molecule has 2 aromatic rings. The second-order valence-electron chi connectivity index (χ2n) is 3.00. The third-order valence-electron chi connectivity index (χ3n) is 1.76. The van der Waals surface area contributed by atoms with Crippen molar-refractivity contribution in [2.24, 2.45) is 7.05 Å². The van der Waals surface area contributed by atoms with Gasteiger partial charge in [-0.3, -0.25) is 4.68 Å². The number of hydrogen-bond acceptors (Lipinski definition) is 4. The summed E-state index contributed by atoms with van der Waals surface area (Å²) in [6.07, 6.45) is 5.25. The van der Waals surface area contributed by atoms with Crippen LogP contribution in [-0.2, 0) is 7.05 Å². The molecule has 5 nitrogen and oxygen atoms in total. The summed E-state index contributed by atoms with van der Waals surface area (Å²) in [5.41, 5.74) is 7.20. The predicted octanol–water partition coefficient (Wildman–Crippen LogP) is 1.14. The highest BCUT2D eigenvalue weighted by Crippen LogP contribution is 2.14. The number of nitrogens with zero attached hydrogens (tertiary/aromatic N) is 3. The van der Waals surface area contributed by atoms with Crippen LogP contribution in [0.1, 0.15) is 0 Å². The molecule has 0 saturated carbocycles. The zero-order valence-electron chi connectivity index (χ0n) is 7.81. The number of nitrogen functional groups attached to an aromatic ring is 1. The molecule has 0 fully saturated rings. The summed E-state index contributed by atoms with van der Waals surface area (Å²) in [7, 11) is 1.86. The number of hydrogen-bond donors (Lipinski definition) is 2. The van der Waals surface area contributed by atoms with E-state index in [1.165, 1.54) is 0 Å². The fourth-order valence-electron chi connectivity index (χ4n) is 1.15. The molecule has 0 bridgehead atoms. The highest BCUT2D eigenvalue weighted by molar-refractivity contribution is 5.57. The molecule has 0 aliphatic carbocycles. The largest absolute Gasteiger partial charge is 0.399 e. The van der Waals surface area contributed by atoms with E-state index in [0.717, 1.165) is 11.5 Å². The Morgan fingerprint density at radius 1 is 1.50 bits per heavy atom. The minimum Gasteiger partial charge on any atom is -0.399 e. The highest BCUT2D eigenvalue weighted by Gasteiger charge is 1.97. The van der Waals surface area contributed by atoms with Gasteiger partial charge in [0.05, 0.1) is 11.9 Å². The zero-order chi connectivity index (χ0) is 9.97. The number of aryl methyl sites for hydroxylation is 1. The van der Waals surface area contributed by atoms with Gasteiger partial charge in [0.1, 0.15) is 5.82 Å². The summed E-state index contributed by atoms with van der Waals surface area (Å²) >= 11 is 0. The van der Waals surface area contributed by atoms with Crippen LogP contribution in [-0.4, -0.2) is 14.8 Å². The van der Waals surface area contributed by atoms with Gasteiger partial charge in [-0.15, -0.1) is 0 Å². The maximum atomic E-state index is 5.62. The summed E-state index contributed by atoms with van der Waals surface area (Å²) in [5, 5.41) is 7.12. The zero-order valence-corrected chi connectivity index (χ0v) is 7.81. The number of nitrogens with one attached hydrogen (secondary N) is 1. The molecule has 0 radical (unpaired) electrons. The molecule has 2 rings (SSSR count). The molecule has 72 valence electrons. The quantitative estimate of drug-likeness (QED) is 0.743. The van der Waals surface area contributed by atoms with Crippen molar-refractivity contribution in [3.63, 3.8) is 0 Å². The second kappa shape index (κ2) is 3.37. The van der Waals surface area contributed by atoms with Gasteiger partial charge in [0.2, 0.25) is 0 Å². The Morgan fingerprint density at radius 2 is 2.36 bits per heavy atom. The predicted molar refractivity (Wildman–Crippen MR) is 55.1 cm³/mol. The van der Waals surface area contributed by atoms with Crippen LogP contribution in [0.2, 0.25) is 0 Å². The van der Waals surface area contributed by atoms with E-state index in [0.29, 0.717) is 5.69 Å². The van der Waals surface area contributed by atoms with Crippen molar-refractivity contribution in [1.29, 1.82) is 0 Å². The Morgan fingerprint density at radius 3 is 3.00 bits per heavy atom. The third kappa shape index (κ3) is 1.82. The lowest BCUT2D eigenvalue weighted by Gasteiger charge is -2.01. The molecule has 0 atom stereocenters. The monoisotopic (exact) mass is 189 g/mol. The Balaban J connectivity index is 2.18. The van der Waals surface area contributed by atoms with Crippen molar-refractivity contribution >= 4 is 17.2 Å². The maximum absolute atomic E-state index is 5.62. The highest BCUT2D eigenvalue weighted by atomic mass is 15.3. The first-order valence-electron chi connectivity index (χ1n) is 4.21. The number of nitrogens with two attached hydrogens (primary N) is 1. The van der Waals surface area contributed by atoms with E-state index in [1.54, 1.807) is 29.2 Å². The molecule has 0 unspecified atom stereocenters.